The summed E-state index contributed by atoms with van der Waals surface area (Å²) < 4.78 is 6.40. The molecule has 0 aromatic carbocycles. The van der Waals surface area contributed by atoms with Crippen molar-refractivity contribution < 1.29 is 4.74 Å². The van der Waals surface area contributed by atoms with Gasteiger partial charge in [0.1, 0.15) is 12.1 Å². The van der Waals surface area contributed by atoms with E-state index in [0.717, 1.165) is 23.4 Å². The number of nitrogens with zero attached hydrogens (tertiary/aromatic N) is 3. The second-order valence-corrected chi connectivity index (χ2v) is 4.22. The highest BCUT2D eigenvalue weighted by atomic mass is 79.9. The molecular formula is C9H13BrN4O. The maximum Gasteiger partial charge on any atom is 0.146 e. The topological polar surface area (TPSA) is 64.3 Å². The molecule has 1 saturated heterocycles. The van der Waals surface area contributed by atoms with Gasteiger partial charge < -0.3 is 15.4 Å². The van der Waals surface area contributed by atoms with Crippen LogP contribution in [-0.4, -0.2) is 42.3 Å². The number of hydrogen-bond acceptors (Lipinski definition) is 5. The van der Waals surface area contributed by atoms with E-state index in [1.54, 1.807) is 12.5 Å². The monoisotopic (exact) mass is 272 g/mol. The third-order valence-electron chi connectivity index (χ3n) is 2.35. The highest BCUT2D eigenvalue weighted by molar-refractivity contribution is 9.10. The molecule has 2 N–H and O–H groups in total. The fourth-order valence-electron chi connectivity index (χ4n) is 1.59. The fourth-order valence-corrected chi connectivity index (χ4v) is 2.06. The van der Waals surface area contributed by atoms with Crippen molar-refractivity contribution in [3.63, 3.8) is 0 Å². The van der Waals surface area contributed by atoms with Gasteiger partial charge in [-0.1, -0.05) is 0 Å². The lowest BCUT2D eigenvalue weighted by Gasteiger charge is -2.33. The lowest BCUT2D eigenvalue weighted by molar-refractivity contribution is 0.0462. The zero-order valence-corrected chi connectivity index (χ0v) is 9.85. The number of hydrogen-bond donors (Lipinski definition) is 1. The van der Waals surface area contributed by atoms with Crippen LogP contribution in [0.3, 0.4) is 0 Å². The Morgan fingerprint density at radius 3 is 3.27 bits per heavy atom. The van der Waals surface area contributed by atoms with Gasteiger partial charge in [-0.25, -0.2) is 9.97 Å². The van der Waals surface area contributed by atoms with Crippen molar-refractivity contribution in [2.45, 2.75) is 6.10 Å². The molecule has 2 rings (SSSR count). The molecule has 0 radical (unpaired) electrons. The summed E-state index contributed by atoms with van der Waals surface area (Å²) in [6.45, 7) is 2.86. The molecule has 2 heterocycles. The summed E-state index contributed by atoms with van der Waals surface area (Å²) >= 11 is 3.43. The van der Waals surface area contributed by atoms with Gasteiger partial charge in [0.05, 0.1) is 17.2 Å². The van der Waals surface area contributed by atoms with Gasteiger partial charge in [-0.15, -0.1) is 0 Å². The zero-order chi connectivity index (χ0) is 10.7. The van der Waals surface area contributed by atoms with Gasteiger partial charge in [-0.2, -0.15) is 0 Å². The van der Waals surface area contributed by atoms with E-state index in [0.29, 0.717) is 13.2 Å². The summed E-state index contributed by atoms with van der Waals surface area (Å²) in [4.78, 5) is 10.3. The predicted octanol–water partition coefficient (Wildman–Crippen LogP) is 0.403. The van der Waals surface area contributed by atoms with Crippen LogP contribution in [0, 0.1) is 0 Å². The van der Waals surface area contributed by atoms with Gasteiger partial charge in [-0.05, 0) is 15.9 Å². The van der Waals surface area contributed by atoms with E-state index in [1.165, 1.54) is 0 Å². The first-order valence-electron chi connectivity index (χ1n) is 4.83. The first-order valence-corrected chi connectivity index (χ1v) is 5.62. The van der Waals surface area contributed by atoms with Crippen molar-refractivity contribution in [1.82, 2.24) is 9.97 Å². The van der Waals surface area contributed by atoms with Gasteiger partial charge in [0.25, 0.3) is 0 Å². The molecule has 0 bridgehead atoms. The maximum atomic E-state index is 5.59. The lowest BCUT2D eigenvalue weighted by atomic mass is 10.2. The van der Waals surface area contributed by atoms with Gasteiger partial charge in [0, 0.05) is 25.8 Å². The molecule has 5 nitrogen and oxygen atoms in total. The highest BCUT2D eigenvalue weighted by Gasteiger charge is 2.21. The first-order chi connectivity index (χ1) is 7.31. The molecule has 0 spiro atoms. The molecule has 1 atom stereocenters. The molecule has 1 unspecified atom stereocenters. The number of rotatable bonds is 2. The lowest BCUT2D eigenvalue weighted by Crippen LogP contribution is -2.46. The minimum atomic E-state index is 0.0978. The Morgan fingerprint density at radius 2 is 2.53 bits per heavy atom. The standard InChI is InChI=1S/C9H13BrN4O/c10-8-4-12-6-13-9(8)14-1-2-15-7(3-11)5-14/h4,6-7H,1-3,5,11H2. The van der Waals surface area contributed by atoms with E-state index >= 15 is 0 Å². The van der Waals surface area contributed by atoms with Crippen LogP contribution in [0.4, 0.5) is 5.82 Å². The Labute approximate surface area is 96.8 Å². The Kier molecular flexibility index (Phi) is 3.50. The second kappa shape index (κ2) is 4.87. The Bertz CT molecular complexity index is 336. The van der Waals surface area contributed by atoms with Gasteiger partial charge in [0.15, 0.2) is 0 Å². The molecule has 15 heavy (non-hydrogen) atoms. The van der Waals surface area contributed by atoms with Crippen LogP contribution in [0.1, 0.15) is 0 Å². The third kappa shape index (κ3) is 2.45. The molecule has 82 valence electrons. The van der Waals surface area contributed by atoms with Crippen LogP contribution in [0.15, 0.2) is 17.0 Å². The molecule has 6 heteroatoms. The third-order valence-corrected chi connectivity index (χ3v) is 2.91. The summed E-state index contributed by atoms with van der Waals surface area (Å²) in [6.07, 6.45) is 3.39. The van der Waals surface area contributed by atoms with Crippen molar-refractivity contribution in [3.8, 4) is 0 Å². The minimum Gasteiger partial charge on any atom is -0.373 e. The van der Waals surface area contributed by atoms with E-state index in [9.17, 15) is 0 Å². The number of ether oxygens (including phenoxy) is 1. The normalized spacial score (nSPS) is 21.7. The van der Waals surface area contributed by atoms with E-state index in [2.05, 4.69) is 30.8 Å². The number of halogens is 1. The number of aromatic nitrogens is 2. The molecule has 1 aromatic rings. The number of morpholine rings is 1. The highest BCUT2D eigenvalue weighted by Crippen LogP contribution is 2.23. The fraction of sp³-hybridized carbons (Fsp3) is 0.556. The predicted molar refractivity (Wildman–Crippen MR) is 60.7 cm³/mol. The van der Waals surface area contributed by atoms with Crippen LogP contribution in [0.5, 0.6) is 0 Å². The quantitative estimate of drug-likeness (QED) is 0.845. The Balaban J connectivity index is 2.13. The van der Waals surface area contributed by atoms with E-state index in [1.807, 2.05) is 0 Å². The van der Waals surface area contributed by atoms with Crippen molar-refractivity contribution in [2.24, 2.45) is 5.73 Å². The molecule has 0 saturated carbocycles. The van der Waals surface area contributed by atoms with Crippen LogP contribution < -0.4 is 10.6 Å². The van der Waals surface area contributed by atoms with Crippen molar-refractivity contribution in [1.29, 1.82) is 0 Å². The van der Waals surface area contributed by atoms with Crippen LogP contribution >= 0.6 is 15.9 Å². The van der Waals surface area contributed by atoms with Crippen LogP contribution in [-0.2, 0) is 4.74 Å². The van der Waals surface area contributed by atoms with Crippen molar-refractivity contribution in [3.05, 3.63) is 17.0 Å². The molecule has 0 amide bonds. The molecule has 1 aromatic heterocycles. The van der Waals surface area contributed by atoms with Crippen molar-refractivity contribution in [2.75, 3.05) is 31.1 Å². The second-order valence-electron chi connectivity index (χ2n) is 3.37. The summed E-state index contributed by atoms with van der Waals surface area (Å²) in [6, 6.07) is 0. The van der Waals surface area contributed by atoms with E-state index in [4.69, 9.17) is 10.5 Å². The summed E-state index contributed by atoms with van der Waals surface area (Å²) in [7, 11) is 0. The van der Waals surface area contributed by atoms with Crippen LogP contribution in [0.2, 0.25) is 0 Å². The zero-order valence-electron chi connectivity index (χ0n) is 8.27. The summed E-state index contributed by atoms with van der Waals surface area (Å²) in [5.74, 6) is 0.909. The molecule has 0 aliphatic carbocycles. The molecule has 1 aliphatic rings. The van der Waals surface area contributed by atoms with Gasteiger partial charge >= 0.3 is 0 Å². The molecule has 1 fully saturated rings. The van der Waals surface area contributed by atoms with Gasteiger partial charge in [-0.3, -0.25) is 0 Å². The number of anilines is 1. The Hall–Kier alpha value is -0.720. The largest absolute Gasteiger partial charge is 0.373 e. The molecular weight excluding hydrogens is 260 g/mol. The van der Waals surface area contributed by atoms with Crippen LogP contribution in [0.25, 0.3) is 0 Å². The van der Waals surface area contributed by atoms with Gasteiger partial charge in [0.2, 0.25) is 0 Å². The van der Waals surface area contributed by atoms with E-state index < -0.39 is 0 Å². The average Bonchev–Trinajstić information content (AvgIpc) is 2.30. The average molecular weight is 273 g/mol. The number of nitrogens with two attached hydrogens (primary N) is 1. The maximum absolute atomic E-state index is 5.59. The van der Waals surface area contributed by atoms with E-state index in [-0.39, 0.29) is 6.10 Å². The summed E-state index contributed by atoms with van der Waals surface area (Å²) in [5, 5.41) is 0. The van der Waals surface area contributed by atoms with Crippen molar-refractivity contribution >= 4 is 21.7 Å². The first kappa shape index (κ1) is 10.8. The molecule has 1 aliphatic heterocycles. The minimum absolute atomic E-state index is 0.0978. The smallest absolute Gasteiger partial charge is 0.146 e. The Morgan fingerprint density at radius 1 is 1.67 bits per heavy atom. The SMILES string of the molecule is NCC1CN(c2ncncc2Br)CCO1. The summed E-state index contributed by atoms with van der Waals surface area (Å²) in [5.41, 5.74) is 5.59.